The van der Waals surface area contributed by atoms with E-state index >= 15 is 0 Å². The fraction of sp³-hybridized carbons (Fsp3) is 0.318. The molecular weight excluding hydrogens is 390 g/mol. The number of hydrogen-bond donors (Lipinski definition) is 2. The lowest BCUT2D eigenvalue weighted by molar-refractivity contribution is 0.0549. The summed E-state index contributed by atoms with van der Waals surface area (Å²) >= 11 is 5.99. The van der Waals surface area contributed by atoms with E-state index in [4.69, 9.17) is 11.6 Å². The molecule has 1 fully saturated rings. The highest BCUT2D eigenvalue weighted by atomic mass is 35.5. The highest BCUT2D eigenvalue weighted by Crippen LogP contribution is 2.32. The SMILES string of the molecule is Cc1ccc(Cl)cc1NC(=O)Nc1ccc2c(c1)C(=O)N(C1CCCCC1)C2=O. The molecule has 0 aromatic heterocycles. The molecule has 2 aliphatic rings. The quantitative estimate of drug-likeness (QED) is 0.679. The van der Waals surface area contributed by atoms with Gasteiger partial charge in [-0.2, -0.15) is 0 Å². The minimum Gasteiger partial charge on any atom is -0.308 e. The Bertz CT molecular complexity index is 999. The first-order valence-corrected chi connectivity index (χ1v) is 10.2. The van der Waals surface area contributed by atoms with Gasteiger partial charge in [0.05, 0.1) is 11.1 Å². The molecule has 4 amide bonds. The molecule has 2 aromatic carbocycles. The molecule has 1 aliphatic heterocycles. The molecule has 0 spiro atoms. The van der Waals surface area contributed by atoms with Crippen LogP contribution < -0.4 is 10.6 Å². The van der Waals surface area contributed by atoms with E-state index in [1.54, 1.807) is 30.3 Å². The molecular formula is C22H22ClN3O3. The van der Waals surface area contributed by atoms with Crippen LogP contribution in [0.2, 0.25) is 5.02 Å². The monoisotopic (exact) mass is 411 g/mol. The molecule has 0 radical (unpaired) electrons. The van der Waals surface area contributed by atoms with Gasteiger partial charge < -0.3 is 10.6 Å². The summed E-state index contributed by atoms with van der Waals surface area (Å²) in [6.45, 7) is 1.87. The van der Waals surface area contributed by atoms with Gasteiger partial charge in [-0.05, 0) is 55.7 Å². The van der Waals surface area contributed by atoms with Crippen molar-refractivity contribution in [2.45, 2.75) is 45.1 Å². The van der Waals surface area contributed by atoms with Gasteiger partial charge in [-0.15, -0.1) is 0 Å². The van der Waals surface area contributed by atoms with Crippen LogP contribution >= 0.6 is 11.6 Å². The maximum absolute atomic E-state index is 12.9. The molecule has 1 heterocycles. The second kappa shape index (κ2) is 7.87. The van der Waals surface area contributed by atoms with E-state index < -0.39 is 6.03 Å². The first-order chi connectivity index (χ1) is 13.9. The van der Waals surface area contributed by atoms with Crippen molar-refractivity contribution in [1.29, 1.82) is 0 Å². The van der Waals surface area contributed by atoms with Gasteiger partial charge in [-0.25, -0.2) is 4.79 Å². The number of amides is 4. The van der Waals surface area contributed by atoms with Gasteiger partial charge in [0.2, 0.25) is 0 Å². The van der Waals surface area contributed by atoms with E-state index in [-0.39, 0.29) is 17.9 Å². The van der Waals surface area contributed by atoms with Gasteiger partial charge in [0.1, 0.15) is 0 Å². The Morgan fingerprint density at radius 2 is 1.69 bits per heavy atom. The summed E-state index contributed by atoms with van der Waals surface area (Å²) in [4.78, 5) is 39.4. The molecule has 0 atom stereocenters. The van der Waals surface area contributed by atoms with Crippen molar-refractivity contribution in [3.8, 4) is 0 Å². The van der Waals surface area contributed by atoms with Crippen LogP contribution in [-0.2, 0) is 0 Å². The second-order valence-electron chi connectivity index (χ2n) is 7.57. The van der Waals surface area contributed by atoms with Gasteiger partial charge in [-0.3, -0.25) is 14.5 Å². The number of nitrogens with zero attached hydrogens (tertiary/aromatic N) is 1. The standard InChI is InChI=1S/C22H22ClN3O3/c1-13-7-8-14(23)11-19(13)25-22(29)24-15-9-10-17-18(12-15)21(28)26(20(17)27)16-5-3-2-4-6-16/h7-12,16H,2-6H2,1H3,(H2,24,25,29). The summed E-state index contributed by atoms with van der Waals surface area (Å²) in [6, 6.07) is 9.58. The normalized spacial score (nSPS) is 16.7. The van der Waals surface area contributed by atoms with Crippen LogP contribution in [0.4, 0.5) is 16.2 Å². The highest BCUT2D eigenvalue weighted by Gasteiger charge is 2.40. The molecule has 7 heteroatoms. The fourth-order valence-corrected chi connectivity index (χ4v) is 4.19. The molecule has 0 unspecified atom stereocenters. The second-order valence-corrected chi connectivity index (χ2v) is 8.01. The van der Waals surface area contributed by atoms with Crippen LogP contribution in [0.1, 0.15) is 58.4 Å². The predicted octanol–water partition coefficient (Wildman–Crippen LogP) is 5.22. The predicted molar refractivity (Wildman–Crippen MR) is 113 cm³/mol. The lowest BCUT2D eigenvalue weighted by atomic mass is 9.94. The smallest absolute Gasteiger partial charge is 0.308 e. The summed E-state index contributed by atoms with van der Waals surface area (Å²) in [7, 11) is 0. The molecule has 6 nitrogen and oxygen atoms in total. The fourth-order valence-electron chi connectivity index (χ4n) is 4.02. The first-order valence-electron chi connectivity index (χ1n) is 9.80. The van der Waals surface area contributed by atoms with Crippen LogP contribution in [-0.4, -0.2) is 28.8 Å². The van der Waals surface area contributed by atoms with Crippen molar-refractivity contribution in [1.82, 2.24) is 4.90 Å². The molecule has 1 saturated carbocycles. The summed E-state index contributed by atoms with van der Waals surface area (Å²) in [5.74, 6) is -0.505. The van der Waals surface area contributed by atoms with Crippen LogP contribution in [0.3, 0.4) is 0 Å². The Morgan fingerprint density at radius 3 is 2.45 bits per heavy atom. The third-order valence-corrected chi connectivity index (χ3v) is 5.80. The van der Waals surface area contributed by atoms with E-state index in [9.17, 15) is 14.4 Å². The summed E-state index contributed by atoms with van der Waals surface area (Å²) in [5.41, 5.74) is 2.68. The van der Waals surface area contributed by atoms with Crippen molar-refractivity contribution < 1.29 is 14.4 Å². The Balaban J connectivity index is 1.50. The number of anilines is 2. The van der Waals surface area contributed by atoms with E-state index in [0.29, 0.717) is 27.5 Å². The molecule has 29 heavy (non-hydrogen) atoms. The number of halogens is 1. The average Bonchev–Trinajstić information content (AvgIpc) is 2.95. The topological polar surface area (TPSA) is 78.5 Å². The molecule has 2 aromatic rings. The number of benzene rings is 2. The Hall–Kier alpha value is -2.86. The highest BCUT2D eigenvalue weighted by molar-refractivity contribution is 6.31. The molecule has 2 N–H and O–H groups in total. The maximum Gasteiger partial charge on any atom is 0.323 e. The number of hydrogen-bond acceptors (Lipinski definition) is 3. The summed E-state index contributed by atoms with van der Waals surface area (Å²) in [6.07, 6.45) is 4.94. The van der Waals surface area contributed by atoms with Crippen molar-refractivity contribution >= 4 is 40.8 Å². The summed E-state index contributed by atoms with van der Waals surface area (Å²) < 4.78 is 0. The zero-order valence-electron chi connectivity index (χ0n) is 16.1. The Labute approximate surface area is 174 Å². The van der Waals surface area contributed by atoms with E-state index in [1.807, 2.05) is 13.0 Å². The van der Waals surface area contributed by atoms with Crippen LogP contribution in [0.25, 0.3) is 0 Å². The van der Waals surface area contributed by atoms with E-state index in [1.165, 1.54) is 4.90 Å². The van der Waals surface area contributed by atoms with E-state index in [2.05, 4.69) is 10.6 Å². The van der Waals surface area contributed by atoms with Crippen molar-refractivity contribution in [3.05, 3.63) is 58.1 Å². The van der Waals surface area contributed by atoms with Crippen LogP contribution in [0.5, 0.6) is 0 Å². The first kappa shape index (κ1) is 19.5. The molecule has 150 valence electrons. The number of urea groups is 1. The third-order valence-electron chi connectivity index (χ3n) is 5.56. The third kappa shape index (κ3) is 3.85. The Morgan fingerprint density at radius 1 is 0.966 bits per heavy atom. The number of carbonyl (C=O) groups is 3. The van der Waals surface area contributed by atoms with Crippen molar-refractivity contribution in [2.24, 2.45) is 0 Å². The summed E-state index contributed by atoms with van der Waals surface area (Å²) in [5, 5.41) is 6.00. The zero-order valence-corrected chi connectivity index (χ0v) is 16.9. The Kier molecular flexibility index (Phi) is 5.28. The molecule has 4 rings (SSSR count). The average molecular weight is 412 g/mol. The van der Waals surface area contributed by atoms with Crippen molar-refractivity contribution in [3.63, 3.8) is 0 Å². The lowest BCUT2D eigenvalue weighted by Gasteiger charge is -2.29. The van der Waals surface area contributed by atoms with Gasteiger partial charge in [0.15, 0.2) is 0 Å². The van der Waals surface area contributed by atoms with Gasteiger partial charge in [0, 0.05) is 22.4 Å². The largest absolute Gasteiger partial charge is 0.323 e. The van der Waals surface area contributed by atoms with Gasteiger partial charge in [0.25, 0.3) is 11.8 Å². The number of imide groups is 1. The molecule has 0 saturated heterocycles. The minimum atomic E-state index is -0.448. The van der Waals surface area contributed by atoms with Crippen molar-refractivity contribution in [2.75, 3.05) is 10.6 Å². The minimum absolute atomic E-state index is 0.0262. The number of fused-ring (bicyclic) bond motifs is 1. The number of aryl methyl sites for hydroxylation is 1. The van der Waals surface area contributed by atoms with Gasteiger partial charge in [-0.1, -0.05) is 36.9 Å². The molecule has 0 bridgehead atoms. The number of carbonyl (C=O) groups excluding carboxylic acids is 3. The molecule has 1 aliphatic carbocycles. The van der Waals surface area contributed by atoms with Crippen LogP contribution in [0, 0.1) is 6.92 Å². The van der Waals surface area contributed by atoms with E-state index in [0.717, 1.165) is 37.7 Å². The number of nitrogens with one attached hydrogen (secondary N) is 2. The number of rotatable bonds is 3. The lowest BCUT2D eigenvalue weighted by Crippen LogP contribution is -2.40. The van der Waals surface area contributed by atoms with Crippen LogP contribution in [0.15, 0.2) is 36.4 Å². The zero-order chi connectivity index (χ0) is 20.5. The maximum atomic E-state index is 12.9. The van der Waals surface area contributed by atoms with Gasteiger partial charge >= 0.3 is 6.03 Å².